The van der Waals surface area contributed by atoms with E-state index in [2.05, 4.69) is 43.0 Å². The maximum Gasteiger partial charge on any atom is 0.101 e. The standard InChI is InChI=1S/C41H82N2/c1-4-7-9-11-13-15-17-19-21-22-23-25-27-29-31-33-35-38-43-40-39-42(41(43)36-6-3)37-34-32-30-28-26-24-20-18-16-14-12-10-8-5-2/h39-41H,4-38H2,1-3H3. The second-order valence-electron chi connectivity index (χ2n) is 14.3. The quantitative estimate of drug-likeness (QED) is 0.0666. The van der Waals surface area contributed by atoms with Crippen LogP contribution >= 0.6 is 0 Å². The Kier molecular flexibility index (Phi) is 30.7. The Bertz CT molecular complexity index is 558. The lowest BCUT2D eigenvalue weighted by Gasteiger charge is -2.33. The zero-order chi connectivity index (χ0) is 30.9. The molecule has 0 N–H and O–H groups in total. The van der Waals surface area contributed by atoms with Gasteiger partial charge in [-0.15, -0.1) is 0 Å². The summed E-state index contributed by atoms with van der Waals surface area (Å²) in [5, 5.41) is 0. The van der Waals surface area contributed by atoms with Crippen LogP contribution in [0, 0.1) is 0 Å². The van der Waals surface area contributed by atoms with E-state index in [9.17, 15) is 0 Å². The molecule has 0 aromatic heterocycles. The van der Waals surface area contributed by atoms with Gasteiger partial charge in [0.2, 0.25) is 0 Å². The van der Waals surface area contributed by atoms with Crippen molar-refractivity contribution in [1.29, 1.82) is 0 Å². The van der Waals surface area contributed by atoms with Gasteiger partial charge in [-0.25, -0.2) is 0 Å². The molecule has 2 nitrogen and oxygen atoms in total. The van der Waals surface area contributed by atoms with Crippen LogP contribution in [0.5, 0.6) is 0 Å². The van der Waals surface area contributed by atoms with E-state index in [-0.39, 0.29) is 0 Å². The molecule has 1 heterocycles. The van der Waals surface area contributed by atoms with Gasteiger partial charge in [-0.05, 0) is 19.3 Å². The molecule has 0 aromatic carbocycles. The SMILES string of the molecule is CCCCCCCCCCCCCCCCCCCN1C=CN(CCCCCCCCCCCCCCCC)C1CCC. The molecule has 1 rings (SSSR count). The Morgan fingerprint density at radius 1 is 0.302 bits per heavy atom. The highest BCUT2D eigenvalue weighted by Crippen LogP contribution is 2.23. The van der Waals surface area contributed by atoms with Crippen molar-refractivity contribution in [1.82, 2.24) is 9.80 Å². The smallest absolute Gasteiger partial charge is 0.101 e. The minimum Gasteiger partial charge on any atom is -0.356 e. The Balaban J connectivity index is 1.91. The van der Waals surface area contributed by atoms with Gasteiger partial charge in [0.1, 0.15) is 6.17 Å². The molecule has 0 bridgehead atoms. The zero-order valence-electron chi connectivity index (χ0n) is 30.4. The van der Waals surface area contributed by atoms with Gasteiger partial charge in [-0.2, -0.15) is 0 Å². The first kappa shape index (κ1) is 40.4. The molecule has 0 spiro atoms. The lowest BCUT2D eigenvalue weighted by Crippen LogP contribution is -2.39. The summed E-state index contributed by atoms with van der Waals surface area (Å²) < 4.78 is 0. The van der Waals surface area contributed by atoms with E-state index >= 15 is 0 Å². The van der Waals surface area contributed by atoms with Gasteiger partial charge in [0.15, 0.2) is 0 Å². The first-order valence-electron chi connectivity index (χ1n) is 20.5. The molecule has 1 aliphatic heterocycles. The summed E-state index contributed by atoms with van der Waals surface area (Å²) in [4.78, 5) is 5.33. The third-order valence-corrected chi connectivity index (χ3v) is 10.1. The fraction of sp³-hybridized carbons (Fsp3) is 0.951. The third kappa shape index (κ3) is 25.2. The van der Waals surface area contributed by atoms with E-state index in [1.165, 1.54) is 225 Å². The molecule has 1 aliphatic rings. The number of unbranched alkanes of at least 4 members (excludes halogenated alkanes) is 29. The van der Waals surface area contributed by atoms with Crippen LogP contribution in [0.4, 0.5) is 0 Å². The summed E-state index contributed by atoms with van der Waals surface area (Å²) in [7, 11) is 0. The molecule has 1 atom stereocenters. The van der Waals surface area contributed by atoms with Crippen molar-refractivity contribution in [3.63, 3.8) is 0 Å². The van der Waals surface area contributed by atoms with Gasteiger partial charge in [0.05, 0.1) is 0 Å². The average molecular weight is 603 g/mol. The molecular weight excluding hydrogens is 520 g/mol. The average Bonchev–Trinajstić information content (AvgIpc) is 3.39. The number of hydrogen-bond acceptors (Lipinski definition) is 2. The number of hydrogen-bond donors (Lipinski definition) is 0. The molecule has 0 saturated heterocycles. The lowest BCUT2D eigenvalue weighted by atomic mass is 10.0. The van der Waals surface area contributed by atoms with E-state index in [0.29, 0.717) is 6.17 Å². The fourth-order valence-corrected chi connectivity index (χ4v) is 7.11. The van der Waals surface area contributed by atoms with Crippen molar-refractivity contribution in [3.8, 4) is 0 Å². The van der Waals surface area contributed by atoms with Crippen LogP contribution in [0.3, 0.4) is 0 Å². The number of rotatable bonds is 35. The van der Waals surface area contributed by atoms with Crippen LogP contribution < -0.4 is 0 Å². The molecule has 0 aromatic rings. The summed E-state index contributed by atoms with van der Waals surface area (Å²) in [6.07, 6.45) is 53.0. The van der Waals surface area contributed by atoms with E-state index in [4.69, 9.17) is 0 Å². The molecule has 0 radical (unpaired) electrons. The molecular formula is C41H82N2. The monoisotopic (exact) mass is 603 g/mol. The Labute approximate surface area is 273 Å². The van der Waals surface area contributed by atoms with E-state index in [1.807, 2.05) is 0 Å². The number of nitrogens with zero attached hydrogens (tertiary/aromatic N) is 2. The summed E-state index contributed by atoms with van der Waals surface area (Å²) in [6.45, 7) is 9.49. The summed E-state index contributed by atoms with van der Waals surface area (Å²) in [6, 6.07) is 0. The van der Waals surface area contributed by atoms with Gasteiger partial charge >= 0.3 is 0 Å². The maximum absolute atomic E-state index is 2.67. The van der Waals surface area contributed by atoms with Crippen LogP contribution in [-0.2, 0) is 0 Å². The van der Waals surface area contributed by atoms with Gasteiger partial charge < -0.3 is 9.80 Å². The van der Waals surface area contributed by atoms with Crippen LogP contribution in [0.15, 0.2) is 12.4 Å². The molecule has 256 valence electrons. The first-order valence-corrected chi connectivity index (χ1v) is 20.5. The van der Waals surface area contributed by atoms with Gasteiger partial charge in [-0.3, -0.25) is 0 Å². The van der Waals surface area contributed by atoms with Crippen molar-refractivity contribution in [3.05, 3.63) is 12.4 Å². The highest BCUT2D eigenvalue weighted by Gasteiger charge is 2.24. The summed E-state index contributed by atoms with van der Waals surface area (Å²) in [5.41, 5.74) is 0. The Morgan fingerprint density at radius 3 is 0.767 bits per heavy atom. The van der Waals surface area contributed by atoms with Crippen LogP contribution in [0.2, 0.25) is 0 Å². The minimum atomic E-state index is 0.632. The maximum atomic E-state index is 2.67. The highest BCUT2D eigenvalue weighted by atomic mass is 15.4. The van der Waals surface area contributed by atoms with E-state index < -0.39 is 0 Å². The van der Waals surface area contributed by atoms with Crippen molar-refractivity contribution >= 4 is 0 Å². The van der Waals surface area contributed by atoms with Crippen molar-refractivity contribution in [2.45, 2.75) is 239 Å². The normalized spacial score (nSPS) is 14.9. The Hall–Kier alpha value is -0.660. The second-order valence-corrected chi connectivity index (χ2v) is 14.3. The molecule has 43 heavy (non-hydrogen) atoms. The molecule has 0 amide bonds. The van der Waals surface area contributed by atoms with Crippen molar-refractivity contribution in [2.24, 2.45) is 0 Å². The van der Waals surface area contributed by atoms with E-state index in [1.54, 1.807) is 0 Å². The van der Waals surface area contributed by atoms with E-state index in [0.717, 1.165) is 0 Å². The summed E-state index contributed by atoms with van der Waals surface area (Å²) in [5.74, 6) is 0. The molecule has 1 unspecified atom stereocenters. The van der Waals surface area contributed by atoms with Gasteiger partial charge in [0, 0.05) is 25.5 Å². The minimum absolute atomic E-state index is 0.632. The zero-order valence-corrected chi connectivity index (χ0v) is 30.4. The van der Waals surface area contributed by atoms with Crippen LogP contribution in [0.25, 0.3) is 0 Å². The van der Waals surface area contributed by atoms with Crippen LogP contribution in [-0.4, -0.2) is 29.1 Å². The second kappa shape index (κ2) is 32.7. The first-order chi connectivity index (χ1) is 21.3. The molecule has 0 aliphatic carbocycles. The van der Waals surface area contributed by atoms with Crippen molar-refractivity contribution in [2.75, 3.05) is 13.1 Å². The molecule has 0 saturated carbocycles. The van der Waals surface area contributed by atoms with Gasteiger partial charge in [-0.1, -0.05) is 213 Å². The topological polar surface area (TPSA) is 6.48 Å². The fourth-order valence-electron chi connectivity index (χ4n) is 7.11. The molecule has 0 fully saturated rings. The van der Waals surface area contributed by atoms with Crippen LogP contribution in [0.1, 0.15) is 233 Å². The predicted molar refractivity (Wildman–Crippen MR) is 196 cm³/mol. The highest BCUT2D eigenvalue weighted by molar-refractivity contribution is 4.96. The predicted octanol–water partition coefficient (Wildman–Crippen LogP) is 14.3. The largest absolute Gasteiger partial charge is 0.356 e. The Morgan fingerprint density at radius 2 is 0.535 bits per heavy atom. The van der Waals surface area contributed by atoms with Gasteiger partial charge in [0.25, 0.3) is 0 Å². The van der Waals surface area contributed by atoms with Crippen molar-refractivity contribution < 1.29 is 0 Å². The summed E-state index contributed by atoms with van der Waals surface area (Å²) >= 11 is 0. The third-order valence-electron chi connectivity index (χ3n) is 10.1. The molecule has 2 heteroatoms. The lowest BCUT2D eigenvalue weighted by molar-refractivity contribution is 0.138.